The average Bonchev–Trinajstić information content (AvgIpc) is 2.93. The zero-order valence-corrected chi connectivity index (χ0v) is 20.0. The number of anilines is 1. The first-order valence-corrected chi connectivity index (χ1v) is 11.4. The van der Waals surface area contributed by atoms with Crippen molar-refractivity contribution in [3.05, 3.63) is 77.5 Å². The van der Waals surface area contributed by atoms with Crippen LogP contribution in [0.3, 0.4) is 0 Å². The molecular weight excluding hydrogens is 457 g/mol. The number of benzene rings is 1. The van der Waals surface area contributed by atoms with Crippen LogP contribution in [0.25, 0.3) is 0 Å². The molecule has 1 aliphatic heterocycles. The van der Waals surface area contributed by atoms with E-state index in [1.54, 1.807) is 54.4 Å². The van der Waals surface area contributed by atoms with Gasteiger partial charge in [-0.1, -0.05) is 42.5 Å². The third-order valence-corrected chi connectivity index (χ3v) is 5.78. The third kappa shape index (κ3) is 6.16. The van der Waals surface area contributed by atoms with Crippen LogP contribution >= 0.6 is 0 Å². The van der Waals surface area contributed by atoms with Crippen LogP contribution in [-0.2, 0) is 17.8 Å². The molecule has 1 N–H and O–H groups in total. The third-order valence-electron chi connectivity index (χ3n) is 5.78. The normalized spacial score (nSPS) is 17.4. The van der Waals surface area contributed by atoms with Gasteiger partial charge in [-0.2, -0.15) is 0 Å². The number of likely N-dealkylation sites (N-methyl/N-ethyl adjacent to an activating group) is 1. The number of amidine groups is 1. The summed E-state index contributed by atoms with van der Waals surface area (Å²) in [4.78, 5) is 21.6. The molecule has 1 unspecified atom stereocenters. The minimum Gasteiger partial charge on any atom is -0.406 e. The molecule has 0 saturated carbocycles. The lowest BCUT2D eigenvalue weighted by Gasteiger charge is -2.32. The van der Waals surface area contributed by atoms with E-state index in [1.165, 1.54) is 12.1 Å². The van der Waals surface area contributed by atoms with Gasteiger partial charge in [0.15, 0.2) is 5.78 Å². The Hall–Kier alpha value is -3.46. The monoisotopic (exact) mass is 486 g/mol. The van der Waals surface area contributed by atoms with Crippen molar-refractivity contribution in [3.8, 4) is 5.75 Å². The number of alkyl halides is 3. The smallest absolute Gasteiger partial charge is 0.406 e. The molecule has 9 heteroatoms. The number of para-hydroxylation sites is 1. The molecule has 0 radical (unpaired) electrons. The summed E-state index contributed by atoms with van der Waals surface area (Å²) in [5.41, 5.74) is 1.66. The van der Waals surface area contributed by atoms with Crippen molar-refractivity contribution in [3.63, 3.8) is 0 Å². The fourth-order valence-corrected chi connectivity index (χ4v) is 4.22. The van der Waals surface area contributed by atoms with Crippen molar-refractivity contribution in [1.29, 1.82) is 5.41 Å². The number of Topliss-reactive ketones (excluding diaryl/α,β-unsaturated/α-hetero) is 1. The van der Waals surface area contributed by atoms with E-state index >= 15 is 0 Å². The van der Waals surface area contributed by atoms with E-state index in [9.17, 15) is 18.0 Å². The van der Waals surface area contributed by atoms with Gasteiger partial charge in [-0.15, -0.1) is 13.2 Å². The van der Waals surface area contributed by atoms with Gasteiger partial charge >= 0.3 is 6.36 Å². The van der Waals surface area contributed by atoms with Crippen LogP contribution in [0.1, 0.15) is 31.9 Å². The molecule has 6 nitrogen and oxygen atoms in total. The highest BCUT2D eigenvalue weighted by Gasteiger charge is 2.38. The average molecular weight is 487 g/mol. The van der Waals surface area contributed by atoms with Crippen molar-refractivity contribution in [2.75, 3.05) is 18.0 Å². The van der Waals surface area contributed by atoms with Crippen LogP contribution < -0.4 is 9.64 Å². The number of nitrogens with zero attached hydrogens (tertiary/aromatic N) is 3. The molecule has 35 heavy (non-hydrogen) atoms. The number of aromatic nitrogens is 1. The SMILES string of the molecule is CC=CC(=CC)C(=O)C1C(=N)N(CC)c2ncccc2CN1CCc1ccccc1OC(F)(F)F. The Kier molecular flexibility index (Phi) is 8.45. The molecule has 2 aromatic rings. The van der Waals surface area contributed by atoms with Gasteiger partial charge < -0.3 is 9.64 Å². The van der Waals surface area contributed by atoms with Crippen molar-refractivity contribution >= 4 is 17.4 Å². The van der Waals surface area contributed by atoms with Crippen LogP contribution in [0.15, 0.2) is 66.4 Å². The lowest BCUT2D eigenvalue weighted by molar-refractivity contribution is -0.274. The van der Waals surface area contributed by atoms with Crippen molar-refractivity contribution in [2.45, 2.75) is 46.1 Å². The highest BCUT2D eigenvalue weighted by molar-refractivity contribution is 6.19. The first-order valence-electron chi connectivity index (χ1n) is 11.4. The number of rotatable bonds is 8. The summed E-state index contributed by atoms with van der Waals surface area (Å²) >= 11 is 0. The van der Waals surface area contributed by atoms with E-state index in [1.807, 2.05) is 24.8 Å². The maximum atomic E-state index is 13.6. The minimum atomic E-state index is -4.81. The summed E-state index contributed by atoms with van der Waals surface area (Å²) in [6.45, 7) is 6.44. The summed E-state index contributed by atoms with van der Waals surface area (Å²) in [5, 5.41) is 8.98. The first kappa shape index (κ1) is 26.2. The van der Waals surface area contributed by atoms with Gasteiger partial charge in [0, 0.05) is 37.0 Å². The van der Waals surface area contributed by atoms with E-state index in [0.29, 0.717) is 30.0 Å². The standard InChI is InChI=1S/C26H29F3N4O2/c1-4-10-18(5-2)23(34)22-24(30)33(6-3)25-20(12-9-15-31-25)17-32(22)16-14-19-11-7-8-13-21(19)35-26(27,28)29/h4-5,7-13,15,22,30H,6,14,16-17H2,1-3H3. The molecule has 1 aromatic carbocycles. The fraction of sp³-hybridized carbons (Fsp3) is 0.346. The maximum absolute atomic E-state index is 13.6. The predicted molar refractivity (Wildman–Crippen MR) is 130 cm³/mol. The van der Waals surface area contributed by atoms with Crippen LogP contribution in [0.2, 0.25) is 0 Å². The molecule has 186 valence electrons. The molecule has 0 spiro atoms. The second-order valence-corrected chi connectivity index (χ2v) is 8.00. The summed E-state index contributed by atoms with van der Waals surface area (Å²) < 4.78 is 42.9. The molecule has 0 saturated heterocycles. The Morgan fingerprint density at radius 1 is 1.23 bits per heavy atom. The number of carbonyl (C=O) groups is 1. The highest BCUT2D eigenvalue weighted by Crippen LogP contribution is 2.30. The molecule has 1 aromatic heterocycles. The van der Waals surface area contributed by atoms with Gasteiger partial charge in [0.25, 0.3) is 0 Å². The van der Waals surface area contributed by atoms with Crippen LogP contribution in [0, 0.1) is 5.41 Å². The molecular formula is C26H29F3N4O2. The summed E-state index contributed by atoms with van der Waals surface area (Å²) in [5.74, 6) is 0.169. The lowest BCUT2D eigenvalue weighted by atomic mass is 9.99. The van der Waals surface area contributed by atoms with E-state index in [4.69, 9.17) is 5.41 Å². The number of fused-ring (bicyclic) bond motifs is 1. The summed E-state index contributed by atoms with van der Waals surface area (Å²) in [6, 6.07) is 8.73. The number of ether oxygens (including phenoxy) is 1. The van der Waals surface area contributed by atoms with Gasteiger partial charge in [0.05, 0.1) is 0 Å². The number of nitrogens with one attached hydrogen (secondary N) is 1. The summed E-state index contributed by atoms with van der Waals surface area (Å²) in [7, 11) is 0. The predicted octanol–water partition coefficient (Wildman–Crippen LogP) is 5.30. The molecule has 3 rings (SSSR count). The van der Waals surface area contributed by atoms with Crippen LogP contribution in [-0.4, -0.2) is 47.0 Å². The van der Waals surface area contributed by atoms with E-state index in [-0.39, 0.29) is 30.3 Å². The number of hydrogen-bond acceptors (Lipinski definition) is 5. The molecule has 0 amide bonds. The number of ketones is 1. The van der Waals surface area contributed by atoms with Gasteiger partial charge in [0.1, 0.15) is 23.4 Å². The number of allylic oxidation sites excluding steroid dienone is 3. The Balaban J connectivity index is 2.01. The Labute approximate surface area is 203 Å². The van der Waals surface area contributed by atoms with Gasteiger partial charge in [-0.3, -0.25) is 15.1 Å². The lowest BCUT2D eigenvalue weighted by Crippen LogP contribution is -2.51. The van der Waals surface area contributed by atoms with Gasteiger partial charge in [0.2, 0.25) is 0 Å². The molecule has 0 fully saturated rings. The highest BCUT2D eigenvalue weighted by atomic mass is 19.4. The molecule has 1 aliphatic rings. The number of halogens is 3. The fourth-order valence-electron chi connectivity index (χ4n) is 4.22. The number of hydrogen-bond donors (Lipinski definition) is 1. The number of pyridine rings is 1. The maximum Gasteiger partial charge on any atom is 0.573 e. The Morgan fingerprint density at radius 2 is 1.97 bits per heavy atom. The zero-order chi connectivity index (χ0) is 25.6. The molecule has 0 aliphatic carbocycles. The molecule has 0 bridgehead atoms. The minimum absolute atomic E-state index is 0.0821. The number of carbonyl (C=O) groups excluding carboxylic acids is 1. The van der Waals surface area contributed by atoms with E-state index < -0.39 is 12.4 Å². The summed E-state index contributed by atoms with van der Waals surface area (Å²) in [6.07, 6.45) is 2.19. The Morgan fingerprint density at radius 3 is 2.63 bits per heavy atom. The first-order chi connectivity index (χ1) is 16.7. The Bertz CT molecular complexity index is 1130. The second kappa shape index (κ2) is 11.3. The second-order valence-electron chi connectivity index (χ2n) is 8.00. The quantitative estimate of drug-likeness (QED) is 0.405. The van der Waals surface area contributed by atoms with Crippen molar-refractivity contribution in [1.82, 2.24) is 9.88 Å². The molecule has 1 atom stereocenters. The zero-order valence-electron chi connectivity index (χ0n) is 20.0. The van der Waals surface area contributed by atoms with E-state index in [0.717, 1.165) is 5.56 Å². The van der Waals surface area contributed by atoms with Gasteiger partial charge in [-0.25, -0.2) is 4.98 Å². The van der Waals surface area contributed by atoms with Crippen LogP contribution in [0.4, 0.5) is 19.0 Å². The largest absolute Gasteiger partial charge is 0.573 e. The van der Waals surface area contributed by atoms with E-state index in [2.05, 4.69) is 9.72 Å². The van der Waals surface area contributed by atoms with Crippen molar-refractivity contribution in [2.24, 2.45) is 0 Å². The van der Waals surface area contributed by atoms with Gasteiger partial charge in [-0.05, 0) is 44.9 Å². The molecule has 2 heterocycles. The van der Waals surface area contributed by atoms with Crippen LogP contribution in [0.5, 0.6) is 5.75 Å². The van der Waals surface area contributed by atoms with Crippen molar-refractivity contribution < 1.29 is 22.7 Å². The topological polar surface area (TPSA) is 69.5 Å².